The molecule has 0 aliphatic rings. The van der Waals surface area contributed by atoms with Crippen molar-refractivity contribution in [2.24, 2.45) is 0 Å². The number of aromatic nitrogens is 2. The summed E-state index contributed by atoms with van der Waals surface area (Å²) in [7, 11) is 1.33. The zero-order valence-corrected chi connectivity index (χ0v) is 17.1. The zero-order valence-electron chi connectivity index (χ0n) is 17.1. The van der Waals surface area contributed by atoms with Gasteiger partial charge >= 0.3 is 5.97 Å². The van der Waals surface area contributed by atoms with E-state index in [4.69, 9.17) is 9.47 Å². The molecule has 0 radical (unpaired) electrons. The van der Waals surface area contributed by atoms with Crippen molar-refractivity contribution in [3.63, 3.8) is 0 Å². The molecule has 152 valence electrons. The molecule has 2 rings (SSSR count). The number of hydrogen-bond acceptors (Lipinski definition) is 5. The first-order valence-corrected chi connectivity index (χ1v) is 9.67. The lowest BCUT2D eigenvalue weighted by Crippen LogP contribution is -2.32. The summed E-state index contributed by atoms with van der Waals surface area (Å²) in [6, 6.07) is 5.06. The Morgan fingerprint density at radius 2 is 1.75 bits per heavy atom. The molecule has 0 spiro atoms. The number of hydrogen-bond donors (Lipinski definition) is 0. The van der Waals surface area contributed by atoms with E-state index >= 15 is 0 Å². The van der Waals surface area contributed by atoms with Gasteiger partial charge in [-0.3, -0.25) is 4.79 Å². The van der Waals surface area contributed by atoms with Gasteiger partial charge in [0, 0.05) is 43.2 Å². The van der Waals surface area contributed by atoms with Crippen molar-refractivity contribution in [1.82, 2.24) is 14.5 Å². The molecule has 0 atom stereocenters. The highest BCUT2D eigenvalue weighted by Gasteiger charge is 2.20. The number of esters is 1. The molecule has 7 heteroatoms. The normalized spacial score (nSPS) is 10.7. The highest BCUT2D eigenvalue weighted by Crippen LogP contribution is 2.23. The summed E-state index contributed by atoms with van der Waals surface area (Å²) in [5.74, 6) is 0.0424. The van der Waals surface area contributed by atoms with Crippen LogP contribution in [0.4, 0.5) is 0 Å². The van der Waals surface area contributed by atoms with Crippen molar-refractivity contribution in [3.8, 4) is 11.4 Å². The van der Waals surface area contributed by atoms with Crippen molar-refractivity contribution in [2.45, 2.75) is 40.3 Å². The van der Waals surface area contributed by atoms with Gasteiger partial charge in [-0.2, -0.15) is 0 Å². The van der Waals surface area contributed by atoms with E-state index in [9.17, 15) is 9.59 Å². The second-order valence-corrected chi connectivity index (χ2v) is 6.43. The fraction of sp³-hybridized carbons (Fsp3) is 0.476. The lowest BCUT2D eigenvalue weighted by atomic mass is 10.0. The Hall–Kier alpha value is -2.67. The first kappa shape index (κ1) is 21.6. The highest BCUT2D eigenvalue weighted by atomic mass is 16.5. The Morgan fingerprint density at radius 3 is 2.36 bits per heavy atom. The quantitative estimate of drug-likeness (QED) is 0.583. The Labute approximate surface area is 166 Å². The summed E-state index contributed by atoms with van der Waals surface area (Å²) in [6.07, 6.45) is 5.21. The number of carbonyl (C=O) groups is 2. The van der Waals surface area contributed by atoms with E-state index in [-0.39, 0.29) is 5.91 Å². The zero-order chi connectivity index (χ0) is 20.5. The number of methoxy groups -OCH3 is 1. The molecule has 0 aliphatic heterocycles. The number of carbonyl (C=O) groups excluding carboxylic acids is 2. The Balaban J connectivity index is 2.50. The van der Waals surface area contributed by atoms with Gasteiger partial charge in [-0.25, -0.2) is 9.78 Å². The average Bonchev–Trinajstić information content (AvgIpc) is 3.19. The van der Waals surface area contributed by atoms with Crippen molar-refractivity contribution in [1.29, 1.82) is 0 Å². The monoisotopic (exact) mass is 387 g/mol. The van der Waals surface area contributed by atoms with Gasteiger partial charge in [-0.15, -0.1) is 0 Å². The van der Waals surface area contributed by atoms with E-state index < -0.39 is 5.97 Å². The fourth-order valence-electron chi connectivity index (χ4n) is 3.02. The Bertz CT molecular complexity index is 795. The maximum atomic E-state index is 13.1. The highest BCUT2D eigenvalue weighted by molar-refractivity contribution is 5.99. The first-order chi connectivity index (χ1) is 13.5. The number of benzene rings is 1. The van der Waals surface area contributed by atoms with Crippen LogP contribution in [0.1, 0.15) is 54.3 Å². The van der Waals surface area contributed by atoms with Crippen LogP contribution < -0.4 is 0 Å². The van der Waals surface area contributed by atoms with Gasteiger partial charge in [-0.05, 0) is 38.0 Å². The van der Waals surface area contributed by atoms with Crippen LogP contribution in [0.5, 0.6) is 0 Å². The summed E-state index contributed by atoms with van der Waals surface area (Å²) >= 11 is 0. The molecular formula is C21H29N3O4. The largest absolute Gasteiger partial charge is 0.465 e. The maximum Gasteiger partial charge on any atom is 0.337 e. The minimum Gasteiger partial charge on any atom is -0.465 e. The van der Waals surface area contributed by atoms with E-state index in [1.807, 2.05) is 30.2 Å². The van der Waals surface area contributed by atoms with Crippen LogP contribution in [-0.2, 0) is 16.2 Å². The summed E-state index contributed by atoms with van der Waals surface area (Å²) < 4.78 is 12.2. The number of imidazole rings is 1. The molecular weight excluding hydrogens is 358 g/mol. The third kappa shape index (κ3) is 5.19. The van der Waals surface area contributed by atoms with Gasteiger partial charge in [0.1, 0.15) is 12.6 Å². The summed E-state index contributed by atoms with van der Waals surface area (Å²) in [5.41, 5.74) is 1.44. The second kappa shape index (κ2) is 10.6. The van der Waals surface area contributed by atoms with Gasteiger partial charge in [0.2, 0.25) is 0 Å². The third-order valence-corrected chi connectivity index (χ3v) is 4.28. The van der Waals surface area contributed by atoms with E-state index in [0.29, 0.717) is 48.9 Å². The molecule has 0 N–H and O–H groups in total. The number of rotatable bonds is 10. The lowest BCUT2D eigenvalue weighted by Gasteiger charge is -2.22. The van der Waals surface area contributed by atoms with Gasteiger partial charge in [-0.1, -0.05) is 13.8 Å². The van der Waals surface area contributed by atoms with Crippen LogP contribution in [0.25, 0.3) is 11.4 Å². The van der Waals surface area contributed by atoms with Crippen LogP contribution >= 0.6 is 0 Å². The van der Waals surface area contributed by atoms with Gasteiger partial charge in [0.25, 0.3) is 5.91 Å². The molecule has 0 fully saturated rings. The van der Waals surface area contributed by atoms with E-state index in [0.717, 1.165) is 12.8 Å². The standard InChI is InChI=1S/C21H29N3O4/c1-5-9-23(10-6-2)20(25)17-12-16(13-18(14-17)21(26)27-4)19-22-8-11-24(19)15-28-7-3/h8,11-14H,5-7,9-10,15H2,1-4H3. The molecule has 2 aromatic rings. The van der Waals surface area contributed by atoms with Crippen LogP contribution in [0.3, 0.4) is 0 Å². The predicted molar refractivity (Wildman–Crippen MR) is 107 cm³/mol. The minimum absolute atomic E-state index is 0.0985. The van der Waals surface area contributed by atoms with Gasteiger partial charge in [0.15, 0.2) is 0 Å². The van der Waals surface area contributed by atoms with Gasteiger partial charge < -0.3 is 18.9 Å². The second-order valence-electron chi connectivity index (χ2n) is 6.43. The first-order valence-electron chi connectivity index (χ1n) is 9.67. The molecule has 7 nitrogen and oxygen atoms in total. The topological polar surface area (TPSA) is 73.7 Å². The summed E-state index contributed by atoms with van der Waals surface area (Å²) in [5, 5.41) is 0. The van der Waals surface area contributed by atoms with E-state index in [2.05, 4.69) is 4.98 Å². The van der Waals surface area contributed by atoms with Gasteiger partial charge in [0.05, 0.1) is 12.7 Å². The Morgan fingerprint density at radius 1 is 1.07 bits per heavy atom. The molecule has 0 aliphatic carbocycles. The minimum atomic E-state index is -0.489. The SMILES string of the molecule is CCCN(CCC)C(=O)c1cc(C(=O)OC)cc(-c2nccn2COCC)c1. The van der Waals surface area contributed by atoms with Crippen molar-refractivity contribution < 1.29 is 19.1 Å². The molecule has 28 heavy (non-hydrogen) atoms. The number of ether oxygens (including phenoxy) is 2. The molecule has 0 saturated carbocycles. The van der Waals surface area contributed by atoms with Crippen LogP contribution in [0.2, 0.25) is 0 Å². The van der Waals surface area contributed by atoms with Crippen LogP contribution in [0, 0.1) is 0 Å². The lowest BCUT2D eigenvalue weighted by molar-refractivity contribution is 0.0600. The number of nitrogens with zero attached hydrogens (tertiary/aromatic N) is 3. The fourth-order valence-corrected chi connectivity index (χ4v) is 3.02. The summed E-state index contributed by atoms with van der Waals surface area (Å²) in [4.78, 5) is 31.5. The molecule has 1 heterocycles. The summed E-state index contributed by atoms with van der Waals surface area (Å²) in [6.45, 7) is 8.25. The predicted octanol–water partition coefficient (Wildman–Crippen LogP) is 3.59. The number of amides is 1. The maximum absolute atomic E-state index is 13.1. The van der Waals surface area contributed by atoms with Crippen LogP contribution in [0.15, 0.2) is 30.6 Å². The van der Waals surface area contributed by atoms with E-state index in [1.54, 1.807) is 30.6 Å². The van der Waals surface area contributed by atoms with Crippen molar-refractivity contribution >= 4 is 11.9 Å². The molecule has 1 aromatic heterocycles. The molecule has 0 bridgehead atoms. The molecule has 1 aromatic carbocycles. The molecule has 0 saturated heterocycles. The smallest absolute Gasteiger partial charge is 0.337 e. The third-order valence-electron chi connectivity index (χ3n) is 4.28. The van der Waals surface area contributed by atoms with Crippen molar-refractivity contribution in [2.75, 3.05) is 26.8 Å². The van der Waals surface area contributed by atoms with E-state index in [1.165, 1.54) is 7.11 Å². The van der Waals surface area contributed by atoms with Crippen LogP contribution in [-0.4, -0.2) is 53.1 Å². The molecule has 1 amide bonds. The average molecular weight is 387 g/mol. The Kier molecular flexibility index (Phi) is 8.19. The van der Waals surface area contributed by atoms with Crippen molar-refractivity contribution in [3.05, 3.63) is 41.7 Å². The molecule has 0 unspecified atom stereocenters.